The SMILES string of the molecule is N#Cc1cccc(-n2c3ccccc3c3c4sc5c(C#N)cccc5c4ccc32)c1-c1ccc2oc3ccccc3c2c1. The topological polar surface area (TPSA) is 65.7 Å². The largest absolute Gasteiger partial charge is 0.456 e. The van der Waals surface area contributed by atoms with Crippen molar-refractivity contribution in [2.75, 3.05) is 0 Å². The predicted molar refractivity (Wildman–Crippen MR) is 176 cm³/mol. The van der Waals surface area contributed by atoms with Gasteiger partial charge in [0.15, 0.2) is 0 Å². The molecule has 43 heavy (non-hydrogen) atoms. The minimum Gasteiger partial charge on any atom is -0.456 e. The number of hydrogen-bond donors (Lipinski definition) is 0. The van der Waals surface area contributed by atoms with Gasteiger partial charge in [-0.1, -0.05) is 66.7 Å². The van der Waals surface area contributed by atoms with E-state index in [1.165, 1.54) is 0 Å². The van der Waals surface area contributed by atoms with E-state index >= 15 is 0 Å². The van der Waals surface area contributed by atoms with Crippen LogP contribution in [0.1, 0.15) is 11.1 Å². The van der Waals surface area contributed by atoms with Crippen molar-refractivity contribution < 1.29 is 4.42 Å². The number of nitrogens with zero attached hydrogens (tertiary/aromatic N) is 3. The van der Waals surface area contributed by atoms with Crippen LogP contribution in [0.25, 0.3) is 80.7 Å². The van der Waals surface area contributed by atoms with Gasteiger partial charge in [0.05, 0.1) is 38.6 Å². The maximum atomic E-state index is 10.3. The van der Waals surface area contributed by atoms with Crippen LogP contribution in [0.15, 0.2) is 120 Å². The van der Waals surface area contributed by atoms with Gasteiger partial charge in [-0.3, -0.25) is 0 Å². The summed E-state index contributed by atoms with van der Waals surface area (Å²) in [6.07, 6.45) is 0. The number of thiophene rings is 1. The van der Waals surface area contributed by atoms with Crippen LogP contribution in [0.3, 0.4) is 0 Å². The van der Waals surface area contributed by atoms with Crippen LogP contribution in [-0.2, 0) is 0 Å². The van der Waals surface area contributed by atoms with Crippen LogP contribution >= 0.6 is 11.3 Å². The van der Waals surface area contributed by atoms with Crippen LogP contribution in [0.4, 0.5) is 0 Å². The zero-order valence-corrected chi connectivity index (χ0v) is 23.4. The second-order valence-corrected chi connectivity index (χ2v) is 11.7. The normalized spacial score (nSPS) is 11.7. The van der Waals surface area contributed by atoms with Crippen LogP contribution < -0.4 is 0 Å². The molecular formula is C38H19N3OS. The van der Waals surface area contributed by atoms with E-state index in [4.69, 9.17) is 4.42 Å². The molecule has 0 radical (unpaired) electrons. The van der Waals surface area contributed by atoms with Gasteiger partial charge >= 0.3 is 0 Å². The summed E-state index contributed by atoms with van der Waals surface area (Å²) in [6.45, 7) is 0. The fourth-order valence-electron chi connectivity index (χ4n) is 6.66. The summed E-state index contributed by atoms with van der Waals surface area (Å²) in [4.78, 5) is 0. The summed E-state index contributed by atoms with van der Waals surface area (Å²) in [5.74, 6) is 0. The summed E-state index contributed by atoms with van der Waals surface area (Å²) in [6, 6.07) is 43.8. The van der Waals surface area contributed by atoms with Gasteiger partial charge in [0.2, 0.25) is 0 Å². The number of aromatic nitrogens is 1. The Morgan fingerprint density at radius 1 is 0.558 bits per heavy atom. The van der Waals surface area contributed by atoms with Gasteiger partial charge in [-0.2, -0.15) is 10.5 Å². The molecule has 0 N–H and O–H groups in total. The Bertz CT molecular complexity index is 2710. The maximum Gasteiger partial charge on any atom is 0.135 e. The van der Waals surface area contributed by atoms with E-state index in [1.54, 1.807) is 11.3 Å². The van der Waals surface area contributed by atoms with Gasteiger partial charge in [0, 0.05) is 42.6 Å². The van der Waals surface area contributed by atoms with Crippen molar-refractivity contribution in [1.29, 1.82) is 10.5 Å². The monoisotopic (exact) mass is 565 g/mol. The maximum absolute atomic E-state index is 10.3. The molecule has 0 amide bonds. The lowest BCUT2D eigenvalue weighted by Gasteiger charge is -2.15. The molecule has 6 aromatic carbocycles. The summed E-state index contributed by atoms with van der Waals surface area (Å²) >= 11 is 1.68. The number of para-hydroxylation sites is 2. The first-order valence-electron chi connectivity index (χ1n) is 14.0. The Labute approximate surface area is 249 Å². The highest BCUT2D eigenvalue weighted by molar-refractivity contribution is 7.27. The summed E-state index contributed by atoms with van der Waals surface area (Å²) < 4.78 is 10.6. The average Bonchev–Trinajstić information content (AvgIpc) is 3.73. The number of hydrogen-bond acceptors (Lipinski definition) is 4. The molecule has 0 unspecified atom stereocenters. The molecular weight excluding hydrogens is 547 g/mol. The first-order valence-corrected chi connectivity index (χ1v) is 14.8. The Morgan fingerprint density at radius 2 is 1.28 bits per heavy atom. The molecule has 0 spiro atoms. The molecule has 3 aromatic heterocycles. The van der Waals surface area contributed by atoms with Gasteiger partial charge in [0.25, 0.3) is 0 Å². The van der Waals surface area contributed by atoms with E-state index in [-0.39, 0.29) is 0 Å². The Morgan fingerprint density at radius 3 is 2.16 bits per heavy atom. The average molecular weight is 566 g/mol. The molecule has 9 aromatic rings. The van der Waals surface area contributed by atoms with Gasteiger partial charge in [0.1, 0.15) is 17.2 Å². The molecule has 0 fully saturated rings. The third-order valence-corrected chi connectivity index (χ3v) is 9.76. The fraction of sp³-hybridized carbons (Fsp3) is 0. The van der Waals surface area contributed by atoms with E-state index in [1.807, 2.05) is 54.6 Å². The molecule has 0 aliphatic rings. The third kappa shape index (κ3) is 3.23. The van der Waals surface area contributed by atoms with Crippen LogP contribution in [-0.4, -0.2) is 4.57 Å². The van der Waals surface area contributed by atoms with Crippen molar-refractivity contribution in [1.82, 2.24) is 4.57 Å². The highest BCUT2D eigenvalue weighted by Crippen LogP contribution is 2.45. The van der Waals surface area contributed by atoms with Crippen molar-refractivity contribution in [2.45, 2.75) is 0 Å². The first-order chi connectivity index (χ1) is 21.2. The lowest BCUT2D eigenvalue weighted by molar-refractivity contribution is 0.669. The number of fused-ring (bicyclic) bond motifs is 10. The van der Waals surface area contributed by atoms with Crippen molar-refractivity contribution in [3.63, 3.8) is 0 Å². The molecule has 3 heterocycles. The lowest BCUT2D eigenvalue weighted by atomic mass is 9.96. The van der Waals surface area contributed by atoms with E-state index in [9.17, 15) is 10.5 Å². The van der Waals surface area contributed by atoms with Crippen LogP contribution in [0.5, 0.6) is 0 Å². The molecule has 5 heteroatoms. The van der Waals surface area contributed by atoms with E-state index in [2.05, 4.69) is 77.4 Å². The second kappa shape index (κ2) is 8.81. The van der Waals surface area contributed by atoms with E-state index in [0.29, 0.717) is 11.1 Å². The number of furan rings is 1. The second-order valence-electron chi connectivity index (χ2n) is 10.7. The Balaban J connectivity index is 1.40. The smallest absolute Gasteiger partial charge is 0.135 e. The Hall–Kier alpha value is -5.88. The molecule has 0 saturated heterocycles. The molecule has 0 saturated carbocycles. The van der Waals surface area contributed by atoms with Crippen molar-refractivity contribution in [3.05, 3.63) is 126 Å². The van der Waals surface area contributed by atoms with Gasteiger partial charge in [-0.05, 0) is 54.1 Å². The molecule has 0 aliphatic heterocycles. The highest BCUT2D eigenvalue weighted by atomic mass is 32.1. The summed E-state index contributed by atoms with van der Waals surface area (Å²) in [7, 11) is 0. The molecule has 9 rings (SSSR count). The fourth-order valence-corrected chi connectivity index (χ4v) is 7.98. The molecule has 198 valence electrons. The lowest BCUT2D eigenvalue weighted by Crippen LogP contribution is -1.99. The van der Waals surface area contributed by atoms with Gasteiger partial charge in [-0.25, -0.2) is 0 Å². The zero-order chi connectivity index (χ0) is 28.7. The quantitative estimate of drug-likeness (QED) is 0.209. The van der Waals surface area contributed by atoms with Gasteiger partial charge < -0.3 is 8.98 Å². The number of benzene rings is 6. The molecule has 0 aliphatic carbocycles. The minimum absolute atomic E-state index is 0.609. The standard InChI is InChI=1S/C38H19N3OS/c39-20-23-7-6-13-31(35(23)22-15-18-34-29(19-22)25-9-2-4-14-33(25)42-34)41-30-12-3-1-10-28(30)36-32(41)17-16-27-26-11-5-8-24(21-40)37(26)43-38(27)36/h1-19H. The zero-order valence-electron chi connectivity index (χ0n) is 22.6. The third-order valence-electron chi connectivity index (χ3n) is 8.49. The van der Waals surface area contributed by atoms with Crippen LogP contribution in [0, 0.1) is 22.7 Å². The number of nitriles is 2. The van der Waals surface area contributed by atoms with Crippen LogP contribution in [0.2, 0.25) is 0 Å². The highest BCUT2D eigenvalue weighted by Gasteiger charge is 2.21. The number of rotatable bonds is 2. The van der Waals surface area contributed by atoms with E-state index < -0.39 is 0 Å². The van der Waals surface area contributed by atoms with E-state index in [0.717, 1.165) is 80.7 Å². The van der Waals surface area contributed by atoms with Gasteiger partial charge in [-0.15, -0.1) is 11.3 Å². The van der Waals surface area contributed by atoms with Crippen molar-refractivity contribution >= 4 is 75.3 Å². The molecule has 4 nitrogen and oxygen atoms in total. The minimum atomic E-state index is 0.609. The molecule has 0 atom stereocenters. The predicted octanol–water partition coefficient (Wildman–Crippen LogP) is 10.5. The van der Waals surface area contributed by atoms with Crippen molar-refractivity contribution in [3.8, 4) is 29.0 Å². The Kier molecular flexibility index (Phi) is 4.87. The summed E-state index contributed by atoms with van der Waals surface area (Å²) in [5.41, 5.74) is 7.87. The molecule has 0 bridgehead atoms. The van der Waals surface area contributed by atoms with Crippen molar-refractivity contribution in [2.24, 2.45) is 0 Å². The summed E-state index contributed by atoms with van der Waals surface area (Å²) in [5, 5.41) is 26.8. The first kappa shape index (κ1) is 23.8.